The van der Waals surface area contributed by atoms with Gasteiger partial charge in [0.25, 0.3) is 0 Å². The van der Waals surface area contributed by atoms with E-state index in [9.17, 15) is 4.39 Å². The third kappa shape index (κ3) is 5.35. The Morgan fingerprint density at radius 2 is 1.94 bits per heavy atom. The Balaban J connectivity index is 0.00000272. The van der Waals surface area contributed by atoms with E-state index >= 15 is 0 Å². The van der Waals surface area contributed by atoms with Crippen molar-refractivity contribution in [2.24, 2.45) is 12.0 Å². The van der Waals surface area contributed by atoms with Crippen LogP contribution >= 0.6 is 24.0 Å². The number of para-hydroxylation sites is 2. The van der Waals surface area contributed by atoms with Gasteiger partial charge in [0, 0.05) is 20.1 Å². The molecule has 6 nitrogen and oxygen atoms in total. The molecular formula is C23H29FIN5O. The van der Waals surface area contributed by atoms with Crippen molar-refractivity contribution in [3.8, 4) is 0 Å². The maximum Gasteiger partial charge on any atom is 0.194 e. The highest BCUT2D eigenvalue weighted by Gasteiger charge is 2.28. The second-order valence-corrected chi connectivity index (χ2v) is 7.64. The third-order valence-electron chi connectivity index (χ3n) is 5.39. The standard InChI is InChI=1S/C23H28FN5O.HI/c1-4-25-23(26-13-22-27-19-7-5-6-8-20(19)28(22)3)29-14-16(2)30-21(15-29)17-9-11-18(24)12-10-17;/h5-12,16,21H,4,13-15H2,1-3H3,(H,25,26);1H. The van der Waals surface area contributed by atoms with Gasteiger partial charge in [0.2, 0.25) is 0 Å². The molecule has 31 heavy (non-hydrogen) atoms. The summed E-state index contributed by atoms with van der Waals surface area (Å²) in [5, 5.41) is 3.40. The van der Waals surface area contributed by atoms with Gasteiger partial charge in [0.05, 0.1) is 23.7 Å². The molecule has 0 spiro atoms. The zero-order valence-corrected chi connectivity index (χ0v) is 20.4. The molecule has 166 valence electrons. The van der Waals surface area contributed by atoms with Gasteiger partial charge in [-0.05, 0) is 43.7 Å². The first-order chi connectivity index (χ1) is 14.5. The summed E-state index contributed by atoms with van der Waals surface area (Å²) < 4.78 is 21.5. The Morgan fingerprint density at radius 3 is 2.65 bits per heavy atom. The average Bonchev–Trinajstić information content (AvgIpc) is 3.07. The first-order valence-corrected chi connectivity index (χ1v) is 10.4. The van der Waals surface area contributed by atoms with Crippen LogP contribution in [0.25, 0.3) is 11.0 Å². The van der Waals surface area contributed by atoms with Crippen molar-refractivity contribution in [1.82, 2.24) is 19.8 Å². The van der Waals surface area contributed by atoms with Crippen LogP contribution < -0.4 is 5.32 Å². The number of halogens is 2. The molecule has 1 aliphatic heterocycles. The second kappa shape index (κ2) is 10.4. The zero-order chi connectivity index (χ0) is 21.1. The molecule has 1 saturated heterocycles. The van der Waals surface area contributed by atoms with Gasteiger partial charge in [0.1, 0.15) is 24.3 Å². The lowest BCUT2D eigenvalue weighted by atomic mass is 10.1. The molecule has 0 aliphatic carbocycles. The fourth-order valence-corrected chi connectivity index (χ4v) is 3.89. The Kier molecular flexibility index (Phi) is 7.88. The van der Waals surface area contributed by atoms with Crippen molar-refractivity contribution in [2.45, 2.75) is 32.6 Å². The van der Waals surface area contributed by atoms with Crippen molar-refractivity contribution in [3.05, 3.63) is 65.7 Å². The number of rotatable bonds is 4. The lowest BCUT2D eigenvalue weighted by molar-refractivity contribution is -0.0605. The summed E-state index contributed by atoms with van der Waals surface area (Å²) in [6.07, 6.45) is -0.0950. The number of benzene rings is 2. The van der Waals surface area contributed by atoms with Crippen molar-refractivity contribution in [3.63, 3.8) is 0 Å². The number of aromatic nitrogens is 2. The van der Waals surface area contributed by atoms with Crippen molar-refractivity contribution < 1.29 is 9.13 Å². The smallest absolute Gasteiger partial charge is 0.194 e. The van der Waals surface area contributed by atoms with Crippen molar-refractivity contribution in [2.75, 3.05) is 19.6 Å². The molecule has 0 radical (unpaired) electrons. The minimum atomic E-state index is -0.239. The molecule has 2 unspecified atom stereocenters. The van der Waals surface area contributed by atoms with E-state index in [1.807, 2.05) is 25.2 Å². The first kappa shape index (κ1) is 23.5. The summed E-state index contributed by atoms with van der Waals surface area (Å²) in [6, 6.07) is 14.6. The molecule has 1 aromatic heterocycles. The molecule has 0 saturated carbocycles. The fourth-order valence-electron chi connectivity index (χ4n) is 3.89. The van der Waals surface area contributed by atoms with E-state index in [1.165, 1.54) is 12.1 Å². The molecule has 2 aromatic carbocycles. The number of hydrogen-bond donors (Lipinski definition) is 1. The molecule has 8 heteroatoms. The predicted octanol–water partition coefficient (Wildman–Crippen LogP) is 4.26. The number of aryl methyl sites for hydroxylation is 1. The molecule has 2 heterocycles. The molecule has 4 rings (SSSR count). The predicted molar refractivity (Wildman–Crippen MR) is 132 cm³/mol. The van der Waals surface area contributed by atoms with Gasteiger partial charge in [-0.25, -0.2) is 14.4 Å². The fraction of sp³-hybridized carbons (Fsp3) is 0.391. The lowest BCUT2D eigenvalue weighted by Gasteiger charge is -2.38. The van der Waals surface area contributed by atoms with E-state index in [4.69, 9.17) is 14.7 Å². The van der Waals surface area contributed by atoms with E-state index in [-0.39, 0.29) is 42.0 Å². The average molecular weight is 537 g/mol. The minimum absolute atomic E-state index is 0. The first-order valence-electron chi connectivity index (χ1n) is 10.4. The van der Waals surface area contributed by atoms with Crippen LogP contribution in [0.2, 0.25) is 0 Å². The number of morpholine rings is 1. The van der Waals surface area contributed by atoms with Crippen LogP contribution in [0, 0.1) is 5.82 Å². The monoisotopic (exact) mass is 537 g/mol. The topological polar surface area (TPSA) is 54.7 Å². The molecule has 0 bridgehead atoms. The highest BCUT2D eigenvalue weighted by Crippen LogP contribution is 2.25. The summed E-state index contributed by atoms with van der Waals surface area (Å²) in [5.41, 5.74) is 3.05. The van der Waals surface area contributed by atoms with Crippen LogP contribution in [0.3, 0.4) is 0 Å². The van der Waals surface area contributed by atoms with Gasteiger partial charge >= 0.3 is 0 Å². The summed E-state index contributed by atoms with van der Waals surface area (Å²) in [6.45, 7) is 6.77. The van der Waals surface area contributed by atoms with Gasteiger partial charge in [-0.15, -0.1) is 24.0 Å². The molecule has 2 atom stereocenters. The van der Waals surface area contributed by atoms with Gasteiger partial charge in [-0.3, -0.25) is 0 Å². The number of nitrogens with zero attached hydrogens (tertiary/aromatic N) is 4. The molecule has 1 aliphatic rings. The zero-order valence-electron chi connectivity index (χ0n) is 18.1. The van der Waals surface area contributed by atoms with Gasteiger partial charge in [-0.1, -0.05) is 24.3 Å². The Hall–Kier alpha value is -2.20. The summed E-state index contributed by atoms with van der Waals surface area (Å²) >= 11 is 0. The van der Waals surface area contributed by atoms with Crippen LogP contribution in [0.1, 0.15) is 31.3 Å². The van der Waals surface area contributed by atoms with E-state index in [0.717, 1.165) is 41.5 Å². The van der Waals surface area contributed by atoms with Gasteiger partial charge in [-0.2, -0.15) is 0 Å². The number of ether oxygens (including phenoxy) is 1. The number of imidazole rings is 1. The van der Waals surface area contributed by atoms with E-state index in [0.29, 0.717) is 13.1 Å². The summed E-state index contributed by atoms with van der Waals surface area (Å²) in [4.78, 5) is 11.8. The molecular weight excluding hydrogens is 508 g/mol. The Labute approximate surface area is 199 Å². The van der Waals surface area contributed by atoms with Crippen molar-refractivity contribution >= 4 is 41.0 Å². The normalized spacial score (nSPS) is 19.4. The number of guanidine groups is 1. The molecule has 0 amide bonds. The number of hydrogen-bond acceptors (Lipinski definition) is 3. The second-order valence-electron chi connectivity index (χ2n) is 7.64. The molecule has 1 N–H and O–H groups in total. The number of aliphatic imine (C=N–C) groups is 1. The molecule has 1 fully saturated rings. The highest BCUT2D eigenvalue weighted by molar-refractivity contribution is 14.0. The van der Waals surface area contributed by atoms with Crippen LogP contribution in [-0.4, -0.2) is 46.1 Å². The van der Waals surface area contributed by atoms with E-state index in [2.05, 4.69) is 34.7 Å². The number of fused-ring (bicyclic) bond motifs is 1. The maximum atomic E-state index is 13.3. The summed E-state index contributed by atoms with van der Waals surface area (Å²) in [5.74, 6) is 1.52. The Morgan fingerprint density at radius 1 is 1.19 bits per heavy atom. The van der Waals surface area contributed by atoms with E-state index < -0.39 is 0 Å². The third-order valence-corrected chi connectivity index (χ3v) is 5.39. The Bertz CT molecular complexity index is 1040. The summed E-state index contributed by atoms with van der Waals surface area (Å²) in [7, 11) is 2.02. The minimum Gasteiger partial charge on any atom is -0.367 e. The quantitative estimate of drug-likeness (QED) is 0.307. The van der Waals surface area contributed by atoms with Gasteiger partial charge < -0.3 is 19.5 Å². The van der Waals surface area contributed by atoms with E-state index in [1.54, 1.807) is 12.1 Å². The van der Waals surface area contributed by atoms with Crippen LogP contribution in [0.5, 0.6) is 0 Å². The molecule has 3 aromatic rings. The maximum absolute atomic E-state index is 13.3. The highest BCUT2D eigenvalue weighted by atomic mass is 127. The number of nitrogens with one attached hydrogen (secondary N) is 1. The van der Waals surface area contributed by atoms with Crippen LogP contribution in [-0.2, 0) is 18.3 Å². The van der Waals surface area contributed by atoms with Crippen LogP contribution in [0.15, 0.2) is 53.5 Å². The lowest BCUT2D eigenvalue weighted by Crippen LogP contribution is -2.50. The SMILES string of the molecule is CCNC(=NCc1nc2ccccc2n1C)N1CC(C)OC(c2ccc(F)cc2)C1.I. The van der Waals surface area contributed by atoms with Crippen LogP contribution in [0.4, 0.5) is 4.39 Å². The largest absolute Gasteiger partial charge is 0.367 e. The van der Waals surface area contributed by atoms with Gasteiger partial charge in [0.15, 0.2) is 5.96 Å². The van der Waals surface area contributed by atoms with Crippen molar-refractivity contribution in [1.29, 1.82) is 0 Å².